The number of phenolic OH excluding ortho intramolecular Hbond substituents is 1. The molecule has 1 aromatic rings. The van der Waals surface area contributed by atoms with Gasteiger partial charge >= 0.3 is 0 Å². The van der Waals surface area contributed by atoms with Crippen LogP contribution in [0.4, 0.5) is 5.69 Å². The molecule has 1 aromatic carbocycles. The summed E-state index contributed by atoms with van der Waals surface area (Å²) >= 11 is 0. The van der Waals surface area contributed by atoms with Crippen molar-refractivity contribution in [2.75, 3.05) is 5.32 Å². The number of rotatable bonds is 2. The van der Waals surface area contributed by atoms with E-state index in [-0.39, 0.29) is 17.2 Å². The summed E-state index contributed by atoms with van der Waals surface area (Å²) in [5, 5.41) is 11.8. The van der Waals surface area contributed by atoms with Crippen molar-refractivity contribution in [3.8, 4) is 5.75 Å². The highest BCUT2D eigenvalue weighted by Crippen LogP contribution is 2.24. The maximum Gasteiger partial charge on any atom is 0.221 e. The normalized spacial score (nSPS) is 9.57. The number of aromatic hydroxyl groups is 1. The van der Waals surface area contributed by atoms with E-state index in [9.17, 15) is 14.7 Å². The molecular formula is C10H11NO3. The van der Waals surface area contributed by atoms with Crippen LogP contribution in [0.5, 0.6) is 5.75 Å². The van der Waals surface area contributed by atoms with E-state index in [0.717, 1.165) is 0 Å². The number of anilines is 1. The Kier molecular flexibility index (Phi) is 2.86. The number of aldehydes is 1. The summed E-state index contributed by atoms with van der Waals surface area (Å²) in [6, 6.07) is 2.80. The van der Waals surface area contributed by atoms with Gasteiger partial charge < -0.3 is 10.4 Å². The molecule has 0 fully saturated rings. The number of amides is 1. The third-order valence-electron chi connectivity index (χ3n) is 1.78. The molecule has 0 aliphatic carbocycles. The Morgan fingerprint density at radius 1 is 1.50 bits per heavy atom. The number of hydrogen-bond donors (Lipinski definition) is 2. The quantitative estimate of drug-likeness (QED) is 0.552. The number of phenols is 1. The topological polar surface area (TPSA) is 66.4 Å². The van der Waals surface area contributed by atoms with Crippen LogP contribution in [-0.4, -0.2) is 17.3 Å². The Balaban J connectivity index is 3.24. The van der Waals surface area contributed by atoms with Crippen molar-refractivity contribution < 1.29 is 14.7 Å². The van der Waals surface area contributed by atoms with Gasteiger partial charge in [0.15, 0.2) is 6.29 Å². The zero-order valence-electron chi connectivity index (χ0n) is 8.00. The lowest BCUT2D eigenvalue weighted by Crippen LogP contribution is -2.09. The van der Waals surface area contributed by atoms with Crippen molar-refractivity contribution in [1.82, 2.24) is 0 Å². The van der Waals surface area contributed by atoms with Crippen molar-refractivity contribution >= 4 is 17.9 Å². The molecule has 0 aliphatic rings. The van der Waals surface area contributed by atoms with Crippen LogP contribution in [0.2, 0.25) is 0 Å². The van der Waals surface area contributed by atoms with Gasteiger partial charge in [0.25, 0.3) is 0 Å². The molecule has 14 heavy (non-hydrogen) atoms. The Labute approximate surface area is 81.6 Å². The van der Waals surface area contributed by atoms with E-state index in [1.807, 2.05) is 0 Å². The maximum absolute atomic E-state index is 10.8. The number of aryl methyl sites for hydroxylation is 1. The third-order valence-corrected chi connectivity index (χ3v) is 1.78. The van der Waals surface area contributed by atoms with Crippen LogP contribution in [0.3, 0.4) is 0 Å². The Hall–Kier alpha value is -1.84. The van der Waals surface area contributed by atoms with Gasteiger partial charge in [0.05, 0.1) is 5.69 Å². The highest BCUT2D eigenvalue weighted by Gasteiger charge is 2.08. The Bertz CT molecular complexity index is 385. The van der Waals surface area contributed by atoms with E-state index >= 15 is 0 Å². The molecule has 0 unspecified atom stereocenters. The summed E-state index contributed by atoms with van der Waals surface area (Å²) in [5.74, 6) is -0.236. The predicted octanol–water partition coefficient (Wildman–Crippen LogP) is 1.47. The summed E-state index contributed by atoms with van der Waals surface area (Å²) in [6.45, 7) is 3.07. The smallest absolute Gasteiger partial charge is 0.221 e. The highest BCUT2D eigenvalue weighted by molar-refractivity contribution is 5.96. The van der Waals surface area contributed by atoms with Crippen molar-refractivity contribution in [2.24, 2.45) is 0 Å². The number of carbonyl (C=O) groups is 2. The molecule has 1 amide bonds. The molecular weight excluding hydrogens is 182 g/mol. The molecule has 1 rings (SSSR count). The average molecular weight is 193 g/mol. The molecule has 2 N–H and O–H groups in total. The predicted molar refractivity (Wildman–Crippen MR) is 52.5 cm³/mol. The highest BCUT2D eigenvalue weighted by atomic mass is 16.3. The fourth-order valence-electron chi connectivity index (χ4n) is 1.23. The minimum absolute atomic E-state index is 0.0127. The SMILES string of the molecule is CC(=O)Nc1c(C)cc(O)cc1C=O. The van der Waals surface area contributed by atoms with E-state index in [0.29, 0.717) is 17.5 Å². The number of hydrogen-bond acceptors (Lipinski definition) is 3. The Morgan fingerprint density at radius 3 is 2.64 bits per heavy atom. The second kappa shape index (κ2) is 3.91. The standard InChI is InChI=1S/C10H11NO3/c1-6-3-9(14)4-8(5-12)10(6)11-7(2)13/h3-5,14H,1-2H3,(H,11,13). The van der Waals surface area contributed by atoms with Crippen LogP contribution >= 0.6 is 0 Å². The first kappa shape index (κ1) is 10.2. The van der Waals surface area contributed by atoms with Crippen LogP contribution in [-0.2, 0) is 4.79 Å². The number of nitrogens with one attached hydrogen (secondary N) is 1. The maximum atomic E-state index is 10.8. The molecule has 4 nitrogen and oxygen atoms in total. The van der Waals surface area contributed by atoms with Crippen LogP contribution in [0.25, 0.3) is 0 Å². The van der Waals surface area contributed by atoms with Gasteiger partial charge in [-0.15, -0.1) is 0 Å². The van der Waals surface area contributed by atoms with Gasteiger partial charge in [-0.2, -0.15) is 0 Å². The molecule has 0 aromatic heterocycles. The van der Waals surface area contributed by atoms with Gasteiger partial charge in [-0.25, -0.2) is 0 Å². The molecule has 0 radical (unpaired) electrons. The van der Waals surface area contributed by atoms with Gasteiger partial charge in [-0.3, -0.25) is 9.59 Å². The summed E-state index contributed by atoms with van der Waals surface area (Å²) in [4.78, 5) is 21.5. The molecule has 4 heteroatoms. The summed E-state index contributed by atoms with van der Waals surface area (Å²) in [7, 11) is 0. The monoisotopic (exact) mass is 193 g/mol. The molecule has 74 valence electrons. The summed E-state index contributed by atoms with van der Waals surface area (Å²) in [5.41, 5.74) is 1.38. The van der Waals surface area contributed by atoms with E-state index in [1.165, 1.54) is 19.1 Å². The van der Waals surface area contributed by atoms with Crippen LogP contribution in [0, 0.1) is 6.92 Å². The third kappa shape index (κ3) is 2.10. The number of carbonyl (C=O) groups excluding carboxylic acids is 2. The molecule has 0 atom stereocenters. The van der Waals surface area contributed by atoms with E-state index in [4.69, 9.17) is 0 Å². The van der Waals surface area contributed by atoms with E-state index in [2.05, 4.69) is 5.32 Å². The Morgan fingerprint density at radius 2 is 2.14 bits per heavy atom. The second-order valence-electron chi connectivity index (χ2n) is 3.03. The largest absolute Gasteiger partial charge is 0.508 e. The fourth-order valence-corrected chi connectivity index (χ4v) is 1.23. The van der Waals surface area contributed by atoms with Gasteiger partial charge in [0.1, 0.15) is 5.75 Å². The second-order valence-corrected chi connectivity index (χ2v) is 3.03. The van der Waals surface area contributed by atoms with Crippen molar-refractivity contribution in [1.29, 1.82) is 0 Å². The molecule has 0 aliphatic heterocycles. The lowest BCUT2D eigenvalue weighted by Gasteiger charge is -2.09. The van der Waals surface area contributed by atoms with Gasteiger partial charge in [0.2, 0.25) is 5.91 Å². The van der Waals surface area contributed by atoms with Gasteiger partial charge in [0, 0.05) is 12.5 Å². The lowest BCUT2D eigenvalue weighted by molar-refractivity contribution is -0.114. The summed E-state index contributed by atoms with van der Waals surface area (Å²) < 4.78 is 0. The van der Waals surface area contributed by atoms with Crippen LogP contribution in [0.1, 0.15) is 22.8 Å². The van der Waals surface area contributed by atoms with Crippen molar-refractivity contribution in [2.45, 2.75) is 13.8 Å². The zero-order chi connectivity index (χ0) is 10.7. The number of benzene rings is 1. The first-order valence-electron chi connectivity index (χ1n) is 4.11. The van der Waals surface area contributed by atoms with E-state index < -0.39 is 0 Å². The molecule has 0 saturated heterocycles. The molecule has 0 saturated carbocycles. The molecule has 0 bridgehead atoms. The summed E-state index contributed by atoms with van der Waals surface area (Å²) in [6.07, 6.45) is 0.595. The fraction of sp³-hybridized carbons (Fsp3) is 0.200. The van der Waals surface area contributed by atoms with E-state index in [1.54, 1.807) is 6.92 Å². The van der Waals surface area contributed by atoms with Gasteiger partial charge in [-0.05, 0) is 24.6 Å². The first-order valence-corrected chi connectivity index (χ1v) is 4.11. The first-order chi connectivity index (χ1) is 6.54. The van der Waals surface area contributed by atoms with Crippen molar-refractivity contribution in [3.05, 3.63) is 23.3 Å². The minimum atomic E-state index is -0.248. The van der Waals surface area contributed by atoms with Crippen LogP contribution < -0.4 is 5.32 Å². The lowest BCUT2D eigenvalue weighted by atomic mass is 10.1. The molecule has 0 spiro atoms. The van der Waals surface area contributed by atoms with Gasteiger partial charge in [-0.1, -0.05) is 0 Å². The van der Waals surface area contributed by atoms with Crippen LogP contribution in [0.15, 0.2) is 12.1 Å². The molecule has 0 heterocycles. The average Bonchev–Trinajstić information content (AvgIpc) is 2.08. The zero-order valence-corrected chi connectivity index (χ0v) is 8.00. The minimum Gasteiger partial charge on any atom is -0.508 e. The van der Waals surface area contributed by atoms with Crippen molar-refractivity contribution in [3.63, 3.8) is 0 Å².